The van der Waals surface area contributed by atoms with Gasteiger partial charge in [-0.25, -0.2) is 4.39 Å². The summed E-state index contributed by atoms with van der Waals surface area (Å²) in [6.45, 7) is 4.39. The Morgan fingerprint density at radius 2 is 1.89 bits per heavy atom. The molecule has 1 heterocycles. The van der Waals surface area contributed by atoms with E-state index in [4.69, 9.17) is 14.2 Å². The maximum atomic E-state index is 12.8. The molecule has 0 aromatic heterocycles. The van der Waals surface area contributed by atoms with Gasteiger partial charge in [-0.2, -0.15) is 0 Å². The Morgan fingerprint density at radius 3 is 2.52 bits per heavy atom. The van der Waals surface area contributed by atoms with Crippen molar-refractivity contribution in [3.8, 4) is 5.75 Å². The zero-order valence-corrected chi connectivity index (χ0v) is 18.2. The van der Waals surface area contributed by atoms with Crippen LogP contribution in [0.3, 0.4) is 0 Å². The van der Waals surface area contributed by atoms with Crippen LogP contribution in [-0.2, 0) is 9.47 Å². The van der Waals surface area contributed by atoms with Crippen molar-refractivity contribution >= 4 is 29.9 Å². The summed E-state index contributed by atoms with van der Waals surface area (Å²) in [5, 5.41) is 6.50. The lowest BCUT2D eigenvalue weighted by atomic mass is 10.2. The molecule has 1 aromatic rings. The Bertz CT molecular complexity index is 525. The van der Waals surface area contributed by atoms with Crippen LogP contribution in [0.15, 0.2) is 29.3 Å². The average molecular weight is 495 g/mol. The highest BCUT2D eigenvalue weighted by atomic mass is 127. The van der Waals surface area contributed by atoms with Gasteiger partial charge in [-0.1, -0.05) is 0 Å². The second-order valence-electron chi connectivity index (χ2n) is 6.15. The van der Waals surface area contributed by atoms with Crippen LogP contribution < -0.4 is 15.4 Å². The third-order valence-electron chi connectivity index (χ3n) is 4.01. The maximum Gasteiger partial charge on any atom is 0.190 e. The molecule has 6 nitrogen and oxygen atoms in total. The van der Waals surface area contributed by atoms with Crippen molar-refractivity contribution < 1.29 is 18.6 Å². The molecule has 0 saturated carbocycles. The predicted octanol–water partition coefficient (Wildman–Crippen LogP) is 2.96. The molecule has 0 bridgehead atoms. The van der Waals surface area contributed by atoms with Gasteiger partial charge in [-0.05, 0) is 49.9 Å². The summed E-state index contributed by atoms with van der Waals surface area (Å²) in [6.07, 6.45) is 4.28. The lowest BCUT2D eigenvalue weighted by molar-refractivity contribution is 0.0168. The van der Waals surface area contributed by atoms with Gasteiger partial charge in [-0.3, -0.25) is 4.99 Å². The van der Waals surface area contributed by atoms with E-state index in [9.17, 15) is 4.39 Å². The zero-order chi connectivity index (χ0) is 18.5. The van der Waals surface area contributed by atoms with Crippen molar-refractivity contribution in [1.82, 2.24) is 10.6 Å². The second kappa shape index (κ2) is 14.9. The van der Waals surface area contributed by atoms with Crippen LogP contribution in [0.25, 0.3) is 0 Å². The monoisotopic (exact) mass is 495 g/mol. The first-order valence-corrected chi connectivity index (χ1v) is 9.30. The number of nitrogens with one attached hydrogen (secondary N) is 2. The van der Waals surface area contributed by atoms with Crippen molar-refractivity contribution in [2.24, 2.45) is 4.99 Å². The lowest BCUT2D eigenvalue weighted by Crippen LogP contribution is -2.38. The number of guanidine groups is 1. The first-order chi connectivity index (χ1) is 12.8. The van der Waals surface area contributed by atoms with Crippen LogP contribution in [0.5, 0.6) is 5.75 Å². The molecule has 1 aliphatic heterocycles. The fourth-order valence-corrected chi connectivity index (χ4v) is 2.59. The summed E-state index contributed by atoms with van der Waals surface area (Å²) in [7, 11) is 1.75. The van der Waals surface area contributed by atoms with Gasteiger partial charge in [0.25, 0.3) is 0 Å². The minimum Gasteiger partial charge on any atom is -0.494 e. The molecule has 2 rings (SSSR count). The molecule has 1 aromatic carbocycles. The molecule has 2 N–H and O–H groups in total. The summed E-state index contributed by atoms with van der Waals surface area (Å²) < 4.78 is 29.5. The van der Waals surface area contributed by atoms with Crippen LogP contribution in [0, 0.1) is 5.82 Å². The quantitative estimate of drug-likeness (QED) is 0.214. The fraction of sp³-hybridized carbons (Fsp3) is 0.632. The van der Waals surface area contributed by atoms with Crippen LogP contribution in [0.1, 0.15) is 25.7 Å². The van der Waals surface area contributed by atoms with Crippen LogP contribution >= 0.6 is 24.0 Å². The maximum absolute atomic E-state index is 12.8. The Hall–Kier alpha value is -1.13. The van der Waals surface area contributed by atoms with Gasteiger partial charge >= 0.3 is 0 Å². The second-order valence-corrected chi connectivity index (χ2v) is 6.15. The molecule has 1 atom stereocenters. The van der Waals surface area contributed by atoms with E-state index in [-0.39, 0.29) is 35.9 Å². The Labute approximate surface area is 178 Å². The molecule has 0 spiro atoms. The molecule has 0 amide bonds. The van der Waals surface area contributed by atoms with Crippen molar-refractivity contribution in [3.63, 3.8) is 0 Å². The molecule has 1 unspecified atom stereocenters. The standard InChI is InChI=1S/C19H30FN3O3.HI/c1-21-19(22-10-3-12-24-15-18-5-2-13-26-18)23-11-4-14-25-17-8-6-16(20)7-9-17;/h6-9,18H,2-5,10-15H2,1H3,(H2,21,22,23);1H. The largest absolute Gasteiger partial charge is 0.494 e. The van der Waals surface area contributed by atoms with E-state index in [1.807, 2.05) is 0 Å². The summed E-state index contributed by atoms with van der Waals surface area (Å²) in [6, 6.07) is 6.04. The average Bonchev–Trinajstić information content (AvgIpc) is 3.17. The van der Waals surface area contributed by atoms with Crippen molar-refractivity contribution in [2.75, 3.05) is 46.6 Å². The fourth-order valence-electron chi connectivity index (χ4n) is 2.59. The van der Waals surface area contributed by atoms with E-state index in [0.717, 1.165) is 57.9 Å². The van der Waals surface area contributed by atoms with Crippen molar-refractivity contribution in [3.05, 3.63) is 30.1 Å². The highest BCUT2D eigenvalue weighted by molar-refractivity contribution is 14.0. The lowest BCUT2D eigenvalue weighted by Gasteiger charge is -2.13. The number of rotatable bonds is 11. The number of halogens is 2. The van der Waals surface area contributed by atoms with E-state index >= 15 is 0 Å². The molecule has 0 radical (unpaired) electrons. The number of nitrogens with zero attached hydrogens (tertiary/aromatic N) is 1. The molecule has 154 valence electrons. The van der Waals surface area contributed by atoms with E-state index in [1.165, 1.54) is 12.1 Å². The van der Waals surface area contributed by atoms with Crippen molar-refractivity contribution in [1.29, 1.82) is 0 Å². The highest BCUT2D eigenvalue weighted by Gasteiger charge is 2.14. The third kappa shape index (κ3) is 10.7. The smallest absolute Gasteiger partial charge is 0.190 e. The Kier molecular flexibility index (Phi) is 13.2. The van der Waals surface area contributed by atoms with Gasteiger partial charge in [0.2, 0.25) is 0 Å². The highest BCUT2D eigenvalue weighted by Crippen LogP contribution is 2.12. The van der Waals surface area contributed by atoms with Crippen LogP contribution in [-0.4, -0.2) is 58.6 Å². The minimum absolute atomic E-state index is 0. The molecule has 27 heavy (non-hydrogen) atoms. The Balaban J connectivity index is 0.00000364. The molecule has 1 saturated heterocycles. The summed E-state index contributed by atoms with van der Waals surface area (Å²) in [5.41, 5.74) is 0. The van der Waals surface area contributed by atoms with E-state index in [0.29, 0.717) is 19.0 Å². The number of benzene rings is 1. The van der Waals surface area contributed by atoms with Gasteiger partial charge in [-0.15, -0.1) is 24.0 Å². The van der Waals surface area contributed by atoms with E-state index in [2.05, 4.69) is 15.6 Å². The van der Waals surface area contributed by atoms with Gasteiger partial charge < -0.3 is 24.8 Å². The minimum atomic E-state index is -0.258. The molecular formula is C19H31FIN3O3. The molecule has 1 fully saturated rings. The van der Waals surface area contributed by atoms with Crippen LogP contribution in [0.2, 0.25) is 0 Å². The summed E-state index contributed by atoms with van der Waals surface area (Å²) >= 11 is 0. The van der Waals surface area contributed by atoms with Gasteiger partial charge in [0, 0.05) is 33.4 Å². The third-order valence-corrected chi connectivity index (χ3v) is 4.01. The van der Waals surface area contributed by atoms with Gasteiger partial charge in [0.05, 0.1) is 19.3 Å². The SMILES string of the molecule is CN=C(NCCCOCC1CCCO1)NCCCOc1ccc(F)cc1.I. The zero-order valence-electron chi connectivity index (χ0n) is 15.9. The van der Waals surface area contributed by atoms with Gasteiger partial charge in [0.15, 0.2) is 5.96 Å². The van der Waals surface area contributed by atoms with Crippen molar-refractivity contribution in [2.45, 2.75) is 31.8 Å². The topological polar surface area (TPSA) is 64.1 Å². The molecular weight excluding hydrogens is 464 g/mol. The summed E-state index contributed by atoms with van der Waals surface area (Å²) in [5.74, 6) is 1.19. The number of hydrogen-bond acceptors (Lipinski definition) is 4. The normalized spacial score (nSPS) is 16.7. The first-order valence-electron chi connectivity index (χ1n) is 9.30. The Morgan fingerprint density at radius 1 is 1.19 bits per heavy atom. The molecule has 0 aliphatic carbocycles. The van der Waals surface area contributed by atoms with E-state index in [1.54, 1.807) is 19.2 Å². The van der Waals surface area contributed by atoms with Crippen LogP contribution in [0.4, 0.5) is 4.39 Å². The number of ether oxygens (including phenoxy) is 3. The number of aliphatic imine (C=N–C) groups is 1. The van der Waals surface area contributed by atoms with E-state index < -0.39 is 0 Å². The van der Waals surface area contributed by atoms with Gasteiger partial charge in [0.1, 0.15) is 11.6 Å². The molecule has 1 aliphatic rings. The predicted molar refractivity (Wildman–Crippen MR) is 116 cm³/mol. The summed E-state index contributed by atoms with van der Waals surface area (Å²) in [4.78, 5) is 4.19. The molecule has 8 heteroatoms. The first kappa shape index (κ1) is 23.9. The number of hydrogen-bond donors (Lipinski definition) is 2.